The van der Waals surface area contributed by atoms with E-state index in [9.17, 15) is 9.59 Å². The van der Waals surface area contributed by atoms with Crippen LogP contribution in [0.2, 0.25) is 5.02 Å². The zero-order valence-corrected chi connectivity index (χ0v) is 18.0. The molecule has 0 bridgehead atoms. The van der Waals surface area contributed by atoms with Gasteiger partial charge >= 0.3 is 5.97 Å². The minimum Gasteiger partial charge on any atom is -0.426 e. The van der Waals surface area contributed by atoms with E-state index in [1.165, 1.54) is 0 Å². The second-order valence-electron chi connectivity index (χ2n) is 7.25. The quantitative estimate of drug-likeness (QED) is 0.408. The third-order valence-corrected chi connectivity index (χ3v) is 5.42. The van der Waals surface area contributed by atoms with E-state index in [-0.39, 0.29) is 12.3 Å². The molecule has 1 amide bonds. The van der Waals surface area contributed by atoms with Crippen LogP contribution >= 0.6 is 11.6 Å². The van der Waals surface area contributed by atoms with Crippen molar-refractivity contribution < 1.29 is 14.3 Å². The molecule has 0 aromatic heterocycles. The van der Waals surface area contributed by atoms with Gasteiger partial charge in [0.15, 0.2) is 0 Å². The van der Waals surface area contributed by atoms with Gasteiger partial charge in [-0.05, 0) is 55.2 Å². The first-order valence-electron chi connectivity index (χ1n) is 9.74. The third kappa shape index (κ3) is 5.08. The standard InChI is InChI=1S/C25H24ClNO3/c1-16-13-14-17(2)24(18(16)3)30-23(28)15-22(19-9-5-4-6-10-19)27-25(29)20-11-7-8-12-21(20)26/h4-14,22H,15H2,1-3H3,(H,27,29)/t22-/m0/s1. The Hall–Kier alpha value is -3.11. The van der Waals surface area contributed by atoms with Crippen molar-refractivity contribution in [2.75, 3.05) is 0 Å². The highest BCUT2D eigenvalue weighted by molar-refractivity contribution is 6.33. The van der Waals surface area contributed by atoms with Crippen LogP contribution in [0.4, 0.5) is 0 Å². The normalized spacial score (nSPS) is 11.6. The molecule has 3 aromatic carbocycles. The van der Waals surface area contributed by atoms with Gasteiger partial charge in [-0.15, -0.1) is 0 Å². The van der Waals surface area contributed by atoms with Crippen molar-refractivity contribution in [1.29, 1.82) is 0 Å². The van der Waals surface area contributed by atoms with Crippen LogP contribution in [0.15, 0.2) is 66.7 Å². The number of hydrogen-bond acceptors (Lipinski definition) is 3. The summed E-state index contributed by atoms with van der Waals surface area (Å²) in [6.45, 7) is 5.81. The summed E-state index contributed by atoms with van der Waals surface area (Å²) in [5, 5.41) is 3.28. The van der Waals surface area contributed by atoms with E-state index in [1.807, 2.05) is 63.2 Å². The number of rotatable bonds is 6. The topological polar surface area (TPSA) is 55.4 Å². The van der Waals surface area contributed by atoms with Crippen LogP contribution in [0.3, 0.4) is 0 Å². The Labute approximate surface area is 181 Å². The summed E-state index contributed by atoms with van der Waals surface area (Å²) in [7, 11) is 0. The lowest BCUT2D eigenvalue weighted by molar-refractivity contribution is -0.135. The average Bonchev–Trinajstić information content (AvgIpc) is 2.74. The number of nitrogens with one attached hydrogen (secondary N) is 1. The lowest BCUT2D eigenvalue weighted by Gasteiger charge is -2.20. The van der Waals surface area contributed by atoms with Crippen LogP contribution in [0, 0.1) is 20.8 Å². The zero-order chi connectivity index (χ0) is 21.7. The molecule has 0 aliphatic rings. The number of carbonyl (C=O) groups is 2. The second kappa shape index (κ2) is 9.59. The summed E-state index contributed by atoms with van der Waals surface area (Å²) in [5.74, 6) is -0.186. The fourth-order valence-corrected chi connectivity index (χ4v) is 3.45. The van der Waals surface area contributed by atoms with Crippen molar-refractivity contribution in [3.8, 4) is 5.75 Å². The molecule has 0 heterocycles. The number of halogens is 1. The van der Waals surface area contributed by atoms with E-state index in [0.29, 0.717) is 16.3 Å². The Morgan fingerprint density at radius 3 is 2.23 bits per heavy atom. The molecule has 154 valence electrons. The average molecular weight is 422 g/mol. The van der Waals surface area contributed by atoms with Gasteiger partial charge in [0, 0.05) is 0 Å². The van der Waals surface area contributed by atoms with Crippen molar-refractivity contribution >= 4 is 23.5 Å². The summed E-state index contributed by atoms with van der Waals surface area (Å²) in [6, 6.07) is 19.5. The minimum absolute atomic E-state index is 0.00692. The predicted molar refractivity (Wildman–Crippen MR) is 119 cm³/mol. The van der Waals surface area contributed by atoms with E-state index < -0.39 is 12.0 Å². The van der Waals surface area contributed by atoms with Gasteiger partial charge in [-0.3, -0.25) is 9.59 Å². The molecule has 3 aromatic rings. The molecule has 4 nitrogen and oxygen atoms in total. The first-order valence-corrected chi connectivity index (χ1v) is 10.1. The summed E-state index contributed by atoms with van der Waals surface area (Å²) < 4.78 is 5.70. The molecule has 1 N–H and O–H groups in total. The highest BCUT2D eigenvalue weighted by Gasteiger charge is 2.22. The molecule has 0 fully saturated rings. The van der Waals surface area contributed by atoms with Crippen LogP contribution < -0.4 is 10.1 Å². The van der Waals surface area contributed by atoms with Gasteiger partial charge in [0.1, 0.15) is 5.75 Å². The van der Waals surface area contributed by atoms with Crippen LogP contribution in [-0.4, -0.2) is 11.9 Å². The highest BCUT2D eigenvalue weighted by atomic mass is 35.5. The van der Waals surface area contributed by atoms with Crippen molar-refractivity contribution in [3.05, 3.63) is 99.6 Å². The number of ether oxygens (including phenoxy) is 1. The molecule has 30 heavy (non-hydrogen) atoms. The number of aryl methyl sites for hydroxylation is 2. The molecule has 0 saturated carbocycles. The lowest BCUT2D eigenvalue weighted by Crippen LogP contribution is -2.31. The summed E-state index contributed by atoms with van der Waals surface area (Å²) >= 11 is 6.16. The first kappa shape index (κ1) is 21.6. The van der Waals surface area contributed by atoms with Crippen LogP contribution in [0.1, 0.15) is 45.1 Å². The van der Waals surface area contributed by atoms with Crippen LogP contribution in [-0.2, 0) is 4.79 Å². The van der Waals surface area contributed by atoms with Gasteiger partial charge in [0.25, 0.3) is 5.91 Å². The second-order valence-corrected chi connectivity index (χ2v) is 7.66. The first-order chi connectivity index (χ1) is 14.4. The van der Waals surface area contributed by atoms with E-state index in [2.05, 4.69) is 5.32 Å². The lowest BCUT2D eigenvalue weighted by atomic mass is 10.0. The Balaban J connectivity index is 1.82. The van der Waals surface area contributed by atoms with E-state index in [1.54, 1.807) is 24.3 Å². The zero-order valence-electron chi connectivity index (χ0n) is 17.2. The minimum atomic E-state index is -0.548. The van der Waals surface area contributed by atoms with Gasteiger partial charge in [-0.25, -0.2) is 0 Å². The van der Waals surface area contributed by atoms with Gasteiger partial charge in [-0.1, -0.05) is 66.2 Å². The molecule has 0 aliphatic heterocycles. The molecule has 0 spiro atoms. The predicted octanol–water partition coefficient (Wildman–Crippen LogP) is 5.73. The number of hydrogen-bond donors (Lipinski definition) is 1. The fourth-order valence-electron chi connectivity index (χ4n) is 3.22. The molecule has 3 rings (SSSR count). The SMILES string of the molecule is Cc1ccc(C)c(OC(=O)C[C@H](NC(=O)c2ccccc2Cl)c2ccccc2)c1C. The highest BCUT2D eigenvalue weighted by Crippen LogP contribution is 2.27. The fraction of sp³-hybridized carbons (Fsp3) is 0.200. The van der Waals surface area contributed by atoms with Crippen molar-refractivity contribution in [2.24, 2.45) is 0 Å². The maximum Gasteiger partial charge on any atom is 0.313 e. The molecular weight excluding hydrogens is 398 g/mol. The Morgan fingerprint density at radius 1 is 0.900 bits per heavy atom. The van der Waals surface area contributed by atoms with Gasteiger partial charge < -0.3 is 10.1 Å². The Morgan fingerprint density at radius 2 is 1.53 bits per heavy atom. The maximum atomic E-state index is 12.8. The molecule has 0 aliphatic carbocycles. The summed E-state index contributed by atoms with van der Waals surface area (Å²) in [4.78, 5) is 25.6. The number of carbonyl (C=O) groups excluding carboxylic acids is 2. The van der Waals surface area contributed by atoms with Crippen molar-refractivity contribution in [2.45, 2.75) is 33.2 Å². The molecular formula is C25H24ClNO3. The van der Waals surface area contributed by atoms with Gasteiger partial charge in [0.05, 0.1) is 23.0 Å². The van der Waals surface area contributed by atoms with E-state index in [0.717, 1.165) is 22.3 Å². The molecule has 1 atom stereocenters. The monoisotopic (exact) mass is 421 g/mol. The number of esters is 1. The molecule has 5 heteroatoms. The van der Waals surface area contributed by atoms with Crippen LogP contribution in [0.5, 0.6) is 5.75 Å². The molecule has 0 radical (unpaired) electrons. The molecule has 0 saturated heterocycles. The maximum absolute atomic E-state index is 12.8. The van der Waals surface area contributed by atoms with E-state index >= 15 is 0 Å². The van der Waals surface area contributed by atoms with Crippen molar-refractivity contribution in [1.82, 2.24) is 5.32 Å². The van der Waals surface area contributed by atoms with E-state index in [4.69, 9.17) is 16.3 Å². The van der Waals surface area contributed by atoms with Crippen molar-refractivity contribution in [3.63, 3.8) is 0 Å². The Kier molecular flexibility index (Phi) is 6.91. The largest absolute Gasteiger partial charge is 0.426 e. The number of benzene rings is 3. The molecule has 0 unspecified atom stereocenters. The van der Waals surface area contributed by atoms with Gasteiger partial charge in [0.2, 0.25) is 0 Å². The van der Waals surface area contributed by atoms with Crippen LogP contribution in [0.25, 0.3) is 0 Å². The smallest absolute Gasteiger partial charge is 0.313 e. The summed E-state index contributed by atoms with van der Waals surface area (Å²) in [6.07, 6.45) is -0.00692. The summed E-state index contributed by atoms with van der Waals surface area (Å²) in [5.41, 5.74) is 4.05. The third-order valence-electron chi connectivity index (χ3n) is 5.09. The Bertz CT molecular complexity index is 1060. The number of amides is 1. The van der Waals surface area contributed by atoms with Gasteiger partial charge in [-0.2, -0.15) is 0 Å².